The Morgan fingerprint density at radius 2 is 2.06 bits per heavy atom. The highest BCUT2D eigenvalue weighted by Crippen LogP contribution is 2.23. The third-order valence-corrected chi connectivity index (χ3v) is 2.64. The van der Waals surface area contributed by atoms with E-state index in [1.165, 1.54) is 0 Å². The van der Waals surface area contributed by atoms with Crippen molar-refractivity contribution in [3.63, 3.8) is 0 Å². The number of carbonyl (C=O) groups excluding carboxylic acids is 1. The summed E-state index contributed by atoms with van der Waals surface area (Å²) in [6, 6.07) is 3.42. The van der Waals surface area contributed by atoms with E-state index >= 15 is 0 Å². The second-order valence-electron chi connectivity index (χ2n) is 3.50. The van der Waals surface area contributed by atoms with Gasteiger partial charge >= 0.3 is 6.03 Å². The maximum absolute atomic E-state index is 10.9. The number of nitrogens with one attached hydrogen (secondary N) is 2. The minimum Gasteiger partial charge on any atom is -0.496 e. The largest absolute Gasteiger partial charge is 0.496 e. The molecule has 4 N–H and O–H groups in total. The van der Waals surface area contributed by atoms with Crippen LogP contribution < -0.4 is 21.3 Å². The van der Waals surface area contributed by atoms with Crippen molar-refractivity contribution in [2.45, 2.75) is 20.4 Å². The molecule has 5 nitrogen and oxygen atoms in total. The zero-order chi connectivity index (χ0) is 12.1. The normalized spacial score (nSPS) is 9.75. The number of carbonyl (C=O) groups is 1. The van der Waals surface area contributed by atoms with E-state index in [0.717, 1.165) is 22.4 Å². The Morgan fingerprint density at radius 1 is 1.38 bits per heavy atom. The van der Waals surface area contributed by atoms with Gasteiger partial charge in [0.15, 0.2) is 0 Å². The zero-order valence-corrected chi connectivity index (χ0v) is 9.76. The van der Waals surface area contributed by atoms with E-state index in [9.17, 15) is 4.79 Å². The maximum atomic E-state index is 10.9. The number of methoxy groups -OCH3 is 1. The van der Waals surface area contributed by atoms with Crippen LogP contribution in [-0.4, -0.2) is 13.1 Å². The number of hydrazine groups is 1. The van der Waals surface area contributed by atoms with Crippen molar-refractivity contribution < 1.29 is 9.53 Å². The van der Waals surface area contributed by atoms with Crippen LogP contribution in [0, 0.1) is 13.8 Å². The van der Waals surface area contributed by atoms with Gasteiger partial charge in [0.05, 0.1) is 7.11 Å². The van der Waals surface area contributed by atoms with E-state index in [2.05, 4.69) is 5.32 Å². The van der Waals surface area contributed by atoms with E-state index in [1.54, 1.807) is 7.11 Å². The fourth-order valence-electron chi connectivity index (χ4n) is 1.49. The quantitative estimate of drug-likeness (QED) is 0.406. The van der Waals surface area contributed by atoms with Gasteiger partial charge in [0.1, 0.15) is 5.75 Å². The molecule has 16 heavy (non-hydrogen) atoms. The van der Waals surface area contributed by atoms with Gasteiger partial charge < -0.3 is 10.1 Å². The summed E-state index contributed by atoms with van der Waals surface area (Å²) in [6.45, 7) is 4.43. The lowest BCUT2D eigenvalue weighted by molar-refractivity contribution is 0.240. The van der Waals surface area contributed by atoms with Crippen LogP contribution in [0.1, 0.15) is 16.7 Å². The molecule has 0 fully saturated rings. The van der Waals surface area contributed by atoms with Gasteiger partial charge in [0.25, 0.3) is 0 Å². The topological polar surface area (TPSA) is 76.4 Å². The summed E-state index contributed by atoms with van der Waals surface area (Å²) in [5.41, 5.74) is 5.25. The molecular weight excluding hydrogens is 206 g/mol. The van der Waals surface area contributed by atoms with Gasteiger partial charge in [-0.1, -0.05) is 6.07 Å². The molecule has 0 heterocycles. The smallest absolute Gasteiger partial charge is 0.329 e. The number of hydrogen-bond acceptors (Lipinski definition) is 3. The van der Waals surface area contributed by atoms with Gasteiger partial charge in [-0.15, -0.1) is 0 Å². The monoisotopic (exact) mass is 223 g/mol. The predicted molar refractivity (Wildman–Crippen MR) is 62.0 cm³/mol. The van der Waals surface area contributed by atoms with Gasteiger partial charge in [-0.2, -0.15) is 0 Å². The highest BCUT2D eigenvalue weighted by atomic mass is 16.5. The molecule has 1 rings (SSSR count). The van der Waals surface area contributed by atoms with Gasteiger partial charge in [-0.3, -0.25) is 5.43 Å². The predicted octanol–water partition coefficient (Wildman–Crippen LogP) is 0.985. The minimum absolute atomic E-state index is 0.395. The van der Waals surface area contributed by atoms with Crippen LogP contribution in [0.3, 0.4) is 0 Å². The standard InChI is InChI=1S/C11H17N3O2/c1-7-8(2)10(16-3)5-4-9(7)6-13-11(15)14-12/h4-5H,6,12H2,1-3H3,(H2,13,14,15). The fourth-order valence-corrected chi connectivity index (χ4v) is 1.49. The van der Waals surface area contributed by atoms with Crippen molar-refractivity contribution in [3.8, 4) is 5.75 Å². The number of amides is 2. The molecule has 0 saturated heterocycles. The van der Waals surface area contributed by atoms with E-state index in [1.807, 2.05) is 31.4 Å². The molecule has 2 amide bonds. The first-order chi connectivity index (χ1) is 7.60. The molecule has 0 aliphatic carbocycles. The van der Waals surface area contributed by atoms with Crippen LogP contribution in [0.5, 0.6) is 5.75 Å². The SMILES string of the molecule is COc1ccc(CNC(=O)NN)c(C)c1C. The minimum atomic E-state index is -0.395. The number of nitrogens with two attached hydrogens (primary N) is 1. The summed E-state index contributed by atoms with van der Waals surface area (Å²) in [6.07, 6.45) is 0. The number of benzene rings is 1. The van der Waals surface area contributed by atoms with Crippen molar-refractivity contribution in [1.82, 2.24) is 10.7 Å². The summed E-state index contributed by atoms with van der Waals surface area (Å²) in [7, 11) is 1.64. The highest BCUT2D eigenvalue weighted by Gasteiger charge is 2.07. The average Bonchev–Trinajstić information content (AvgIpc) is 2.30. The number of ether oxygens (including phenoxy) is 1. The number of urea groups is 1. The molecule has 0 aromatic heterocycles. The lowest BCUT2D eigenvalue weighted by Gasteiger charge is -2.13. The Morgan fingerprint density at radius 3 is 2.62 bits per heavy atom. The van der Waals surface area contributed by atoms with E-state index in [0.29, 0.717) is 6.54 Å². The molecule has 1 aromatic carbocycles. The van der Waals surface area contributed by atoms with Crippen molar-refractivity contribution in [2.24, 2.45) is 5.84 Å². The maximum Gasteiger partial charge on any atom is 0.329 e. The van der Waals surface area contributed by atoms with Crippen LogP contribution in [0.2, 0.25) is 0 Å². The molecule has 0 unspecified atom stereocenters. The third-order valence-electron chi connectivity index (χ3n) is 2.64. The molecule has 0 aliphatic rings. The lowest BCUT2D eigenvalue weighted by atomic mass is 10.0. The van der Waals surface area contributed by atoms with Gasteiger partial charge in [0.2, 0.25) is 0 Å². The molecule has 0 aliphatic heterocycles. The van der Waals surface area contributed by atoms with Crippen LogP contribution in [-0.2, 0) is 6.54 Å². The summed E-state index contributed by atoms with van der Waals surface area (Å²) in [4.78, 5) is 10.9. The molecule has 1 aromatic rings. The van der Waals surface area contributed by atoms with Gasteiger partial charge in [-0.25, -0.2) is 10.6 Å². The average molecular weight is 223 g/mol. The van der Waals surface area contributed by atoms with Crippen LogP contribution >= 0.6 is 0 Å². The summed E-state index contributed by atoms with van der Waals surface area (Å²) < 4.78 is 5.21. The summed E-state index contributed by atoms with van der Waals surface area (Å²) in [5, 5.41) is 2.64. The first-order valence-electron chi connectivity index (χ1n) is 4.97. The molecule has 5 heteroatoms. The highest BCUT2D eigenvalue weighted by molar-refractivity contribution is 5.73. The summed E-state index contributed by atoms with van der Waals surface area (Å²) >= 11 is 0. The van der Waals surface area contributed by atoms with Gasteiger partial charge in [-0.05, 0) is 36.6 Å². The molecule has 0 atom stereocenters. The fraction of sp³-hybridized carbons (Fsp3) is 0.364. The first kappa shape index (κ1) is 12.3. The second-order valence-corrected chi connectivity index (χ2v) is 3.50. The summed E-state index contributed by atoms with van der Waals surface area (Å²) in [5.74, 6) is 5.82. The Bertz CT molecular complexity index is 391. The Hall–Kier alpha value is -1.75. The van der Waals surface area contributed by atoms with E-state index in [-0.39, 0.29) is 0 Å². The van der Waals surface area contributed by atoms with Crippen molar-refractivity contribution in [2.75, 3.05) is 7.11 Å². The molecule has 0 bridgehead atoms. The second kappa shape index (κ2) is 5.37. The lowest BCUT2D eigenvalue weighted by Crippen LogP contribution is -2.39. The molecule has 88 valence electrons. The molecule has 0 saturated carbocycles. The third kappa shape index (κ3) is 2.64. The van der Waals surface area contributed by atoms with Crippen LogP contribution in [0.25, 0.3) is 0 Å². The first-order valence-corrected chi connectivity index (χ1v) is 4.97. The van der Waals surface area contributed by atoms with Crippen molar-refractivity contribution in [3.05, 3.63) is 28.8 Å². The number of hydrogen-bond donors (Lipinski definition) is 3. The molecular formula is C11H17N3O2. The van der Waals surface area contributed by atoms with E-state index in [4.69, 9.17) is 10.6 Å². The molecule has 0 radical (unpaired) electrons. The Labute approximate surface area is 94.9 Å². The number of rotatable bonds is 3. The van der Waals surface area contributed by atoms with Crippen molar-refractivity contribution >= 4 is 6.03 Å². The molecule has 0 spiro atoms. The van der Waals surface area contributed by atoms with E-state index < -0.39 is 6.03 Å². The van der Waals surface area contributed by atoms with Crippen LogP contribution in [0.4, 0.5) is 4.79 Å². The zero-order valence-electron chi connectivity index (χ0n) is 9.76. The Kier molecular flexibility index (Phi) is 4.13. The van der Waals surface area contributed by atoms with Crippen molar-refractivity contribution in [1.29, 1.82) is 0 Å². The Balaban J connectivity index is 2.82. The van der Waals surface area contributed by atoms with Crippen LogP contribution in [0.15, 0.2) is 12.1 Å². The van der Waals surface area contributed by atoms with Gasteiger partial charge in [0, 0.05) is 6.54 Å².